The van der Waals surface area contributed by atoms with Gasteiger partial charge in [0, 0.05) is 18.7 Å². The molecule has 0 saturated carbocycles. The van der Waals surface area contributed by atoms with Crippen LogP contribution in [0, 0.1) is 6.92 Å². The van der Waals surface area contributed by atoms with Gasteiger partial charge < -0.3 is 15.3 Å². The van der Waals surface area contributed by atoms with Gasteiger partial charge in [0.25, 0.3) is 0 Å². The van der Waals surface area contributed by atoms with Gasteiger partial charge in [-0.15, -0.1) is 0 Å². The molecule has 0 radical (unpaired) electrons. The molecular weight excluding hydrogens is 306 g/mol. The number of benzene rings is 1. The molecule has 0 unspecified atom stereocenters. The number of amides is 1. The van der Waals surface area contributed by atoms with Crippen LogP contribution in [0.2, 0.25) is 0 Å². The average molecular weight is 327 g/mol. The second kappa shape index (κ2) is 8.10. The molecule has 2 N–H and O–H groups in total. The smallest absolute Gasteiger partial charge is 0.303 e. The van der Waals surface area contributed by atoms with Gasteiger partial charge in [-0.2, -0.15) is 0 Å². The lowest BCUT2D eigenvalue weighted by Crippen LogP contribution is -2.17. The Kier molecular flexibility index (Phi) is 5.89. The van der Waals surface area contributed by atoms with Crippen LogP contribution in [0.3, 0.4) is 0 Å². The Labute approximate surface area is 141 Å². The molecule has 1 heterocycles. The fraction of sp³-hybridized carbons (Fsp3) is 0.278. The van der Waals surface area contributed by atoms with E-state index in [2.05, 4.69) is 28.2 Å². The largest absolute Gasteiger partial charge is 0.481 e. The van der Waals surface area contributed by atoms with Gasteiger partial charge in [-0.25, -0.2) is 4.98 Å². The summed E-state index contributed by atoms with van der Waals surface area (Å²) in [7, 11) is 0. The lowest BCUT2D eigenvalue weighted by atomic mass is 10.2. The van der Waals surface area contributed by atoms with Crippen LogP contribution < -0.4 is 10.2 Å². The molecule has 0 spiro atoms. The van der Waals surface area contributed by atoms with E-state index in [1.807, 2.05) is 31.2 Å². The van der Waals surface area contributed by atoms with E-state index >= 15 is 0 Å². The number of anilines is 3. The van der Waals surface area contributed by atoms with Crippen molar-refractivity contribution in [2.24, 2.45) is 0 Å². The molecule has 0 atom stereocenters. The van der Waals surface area contributed by atoms with Crippen LogP contribution in [-0.2, 0) is 9.59 Å². The minimum Gasteiger partial charge on any atom is -0.481 e. The number of pyridine rings is 1. The summed E-state index contributed by atoms with van der Waals surface area (Å²) in [5.74, 6) is -0.941. The van der Waals surface area contributed by atoms with Gasteiger partial charge in [-0.1, -0.05) is 12.1 Å². The first-order valence-electron chi connectivity index (χ1n) is 7.81. The molecule has 2 rings (SSSR count). The van der Waals surface area contributed by atoms with Gasteiger partial charge in [0.2, 0.25) is 5.91 Å². The highest BCUT2D eigenvalue weighted by Crippen LogP contribution is 2.25. The number of nitrogens with zero attached hydrogens (tertiary/aromatic N) is 2. The summed E-state index contributed by atoms with van der Waals surface area (Å²) in [6.07, 6.45) is 1.43. The third-order valence-electron chi connectivity index (χ3n) is 3.52. The van der Waals surface area contributed by atoms with Crippen molar-refractivity contribution in [3.63, 3.8) is 0 Å². The lowest BCUT2D eigenvalue weighted by Gasteiger charge is -2.23. The van der Waals surface area contributed by atoms with Crippen LogP contribution >= 0.6 is 0 Å². The van der Waals surface area contributed by atoms with E-state index in [0.717, 1.165) is 17.9 Å². The minimum absolute atomic E-state index is 0.0663. The van der Waals surface area contributed by atoms with Gasteiger partial charge in [0.1, 0.15) is 5.82 Å². The summed E-state index contributed by atoms with van der Waals surface area (Å²) in [5.41, 5.74) is 3.19. The maximum absolute atomic E-state index is 11.6. The van der Waals surface area contributed by atoms with Gasteiger partial charge in [-0.3, -0.25) is 9.59 Å². The van der Waals surface area contributed by atoms with Crippen molar-refractivity contribution in [1.29, 1.82) is 0 Å². The van der Waals surface area contributed by atoms with E-state index < -0.39 is 5.97 Å². The molecule has 0 bridgehead atoms. The number of rotatable bonds is 7. The quantitative estimate of drug-likeness (QED) is 0.815. The summed E-state index contributed by atoms with van der Waals surface area (Å²) in [4.78, 5) is 28.5. The molecule has 126 valence electrons. The maximum atomic E-state index is 11.6. The molecule has 24 heavy (non-hydrogen) atoms. The number of carboxylic acid groups (broad SMARTS) is 1. The Morgan fingerprint density at radius 3 is 2.54 bits per heavy atom. The molecule has 1 amide bonds. The normalized spacial score (nSPS) is 10.2. The van der Waals surface area contributed by atoms with Crippen molar-refractivity contribution in [3.05, 3.63) is 48.2 Å². The second-order valence-electron chi connectivity index (χ2n) is 5.43. The SMILES string of the molecule is CCN(c1ccc(NC(=O)CCC(=O)O)nc1)c1cccc(C)c1. The zero-order chi connectivity index (χ0) is 17.5. The number of carbonyl (C=O) groups excluding carboxylic acids is 1. The number of aromatic nitrogens is 1. The molecule has 1 aromatic carbocycles. The summed E-state index contributed by atoms with van der Waals surface area (Å²) in [5, 5.41) is 11.2. The van der Waals surface area contributed by atoms with E-state index in [-0.39, 0.29) is 18.7 Å². The van der Waals surface area contributed by atoms with Gasteiger partial charge >= 0.3 is 5.97 Å². The average Bonchev–Trinajstić information content (AvgIpc) is 2.55. The van der Waals surface area contributed by atoms with Crippen molar-refractivity contribution < 1.29 is 14.7 Å². The van der Waals surface area contributed by atoms with Crippen LogP contribution in [0.25, 0.3) is 0 Å². The van der Waals surface area contributed by atoms with Crippen molar-refractivity contribution in [2.45, 2.75) is 26.7 Å². The molecule has 0 aliphatic rings. The number of aliphatic carboxylic acids is 1. The fourth-order valence-corrected chi connectivity index (χ4v) is 2.36. The van der Waals surface area contributed by atoms with Crippen LogP contribution in [0.5, 0.6) is 0 Å². The summed E-state index contributed by atoms with van der Waals surface area (Å²) < 4.78 is 0. The molecule has 0 aliphatic carbocycles. The first kappa shape index (κ1) is 17.5. The standard InChI is InChI=1S/C18H21N3O3/c1-3-21(14-6-4-5-13(2)11-14)15-7-8-16(19-12-15)20-17(22)9-10-18(23)24/h4-8,11-12H,3,9-10H2,1-2H3,(H,23,24)(H,19,20,22). The Morgan fingerprint density at radius 2 is 1.96 bits per heavy atom. The molecule has 1 aromatic heterocycles. The van der Waals surface area contributed by atoms with E-state index in [4.69, 9.17) is 5.11 Å². The van der Waals surface area contributed by atoms with Crippen molar-refractivity contribution in [1.82, 2.24) is 4.98 Å². The van der Waals surface area contributed by atoms with Crippen LogP contribution in [0.15, 0.2) is 42.6 Å². The van der Waals surface area contributed by atoms with E-state index in [1.54, 1.807) is 12.3 Å². The maximum Gasteiger partial charge on any atom is 0.303 e. The molecule has 2 aromatic rings. The molecule has 6 heteroatoms. The highest BCUT2D eigenvalue weighted by molar-refractivity contribution is 5.91. The monoisotopic (exact) mass is 327 g/mol. The third kappa shape index (κ3) is 4.81. The Hall–Kier alpha value is -2.89. The highest BCUT2D eigenvalue weighted by atomic mass is 16.4. The topological polar surface area (TPSA) is 82.5 Å². The first-order chi connectivity index (χ1) is 11.5. The third-order valence-corrected chi connectivity index (χ3v) is 3.52. The number of aryl methyl sites for hydroxylation is 1. The lowest BCUT2D eigenvalue weighted by molar-refractivity contribution is -0.138. The number of carboxylic acids is 1. The summed E-state index contributed by atoms with van der Waals surface area (Å²) in [6, 6.07) is 11.8. The highest BCUT2D eigenvalue weighted by Gasteiger charge is 2.10. The first-order valence-corrected chi connectivity index (χ1v) is 7.81. The molecule has 0 aliphatic heterocycles. The van der Waals surface area contributed by atoms with E-state index in [1.165, 1.54) is 5.56 Å². The van der Waals surface area contributed by atoms with Crippen molar-refractivity contribution in [3.8, 4) is 0 Å². The number of carbonyl (C=O) groups is 2. The van der Waals surface area contributed by atoms with Gasteiger partial charge in [-0.05, 0) is 43.7 Å². The van der Waals surface area contributed by atoms with Crippen LogP contribution in [-0.4, -0.2) is 28.5 Å². The Morgan fingerprint density at radius 1 is 1.17 bits per heavy atom. The number of nitrogens with one attached hydrogen (secondary N) is 1. The fourth-order valence-electron chi connectivity index (χ4n) is 2.36. The molecular formula is C18H21N3O3. The van der Waals surface area contributed by atoms with Crippen LogP contribution in [0.4, 0.5) is 17.2 Å². The number of hydrogen-bond acceptors (Lipinski definition) is 4. The van der Waals surface area contributed by atoms with Gasteiger partial charge in [0.05, 0.1) is 18.3 Å². The summed E-state index contributed by atoms with van der Waals surface area (Å²) >= 11 is 0. The number of hydrogen-bond donors (Lipinski definition) is 2. The Balaban J connectivity index is 2.07. The van der Waals surface area contributed by atoms with E-state index in [9.17, 15) is 9.59 Å². The van der Waals surface area contributed by atoms with Crippen molar-refractivity contribution in [2.75, 3.05) is 16.8 Å². The molecule has 0 saturated heterocycles. The zero-order valence-corrected chi connectivity index (χ0v) is 13.8. The molecule has 6 nitrogen and oxygen atoms in total. The van der Waals surface area contributed by atoms with Gasteiger partial charge in [0.15, 0.2) is 0 Å². The Bertz CT molecular complexity index is 714. The zero-order valence-electron chi connectivity index (χ0n) is 13.8. The minimum atomic E-state index is -0.995. The van der Waals surface area contributed by atoms with Crippen LogP contribution in [0.1, 0.15) is 25.3 Å². The predicted molar refractivity (Wildman–Crippen MR) is 93.6 cm³/mol. The predicted octanol–water partition coefficient (Wildman–Crippen LogP) is 3.35. The van der Waals surface area contributed by atoms with E-state index in [0.29, 0.717) is 5.82 Å². The summed E-state index contributed by atoms with van der Waals surface area (Å²) in [6.45, 7) is 4.89. The van der Waals surface area contributed by atoms with Crippen molar-refractivity contribution >= 4 is 29.1 Å². The second-order valence-corrected chi connectivity index (χ2v) is 5.43. The molecule has 0 fully saturated rings.